The highest BCUT2D eigenvalue weighted by atomic mass is 32.3. The van der Waals surface area contributed by atoms with Crippen molar-refractivity contribution in [1.82, 2.24) is 0 Å². The third kappa shape index (κ3) is 4.76. The van der Waals surface area contributed by atoms with E-state index in [0.29, 0.717) is 23.2 Å². The number of rotatable bonds is 6. The molecule has 0 spiro atoms. The van der Waals surface area contributed by atoms with E-state index < -0.39 is 10.4 Å². The van der Waals surface area contributed by atoms with Crippen molar-refractivity contribution >= 4 is 10.4 Å². The van der Waals surface area contributed by atoms with Gasteiger partial charge in [0.05, 0.1) is 6.10 Å². The molecule has 4 aliphatic carbocycles. The average Bonchev–Trinajstić information content (AvgIpc) is 3.08. The number of fused-ring (bicyclic) bond motifs is 5. The van der Waals surface area contributed by atoms with Gasteiger partial charge in [0, 0.05) is 0 Å². The van der Waals surface area contributed by atoms with E-state index in [0.717, 1.165) is 42.9 Å². The van der Waals surface area contributed by atoms with Gasteiger partial charge >= 0.3 is 10.4 Å². The summed E-state index contributed by atoms with van der Waals surface area (Å²) < 4.78 is 36.7. The lowest BCUT2D eigenvalue weighted by Crippen LogP contribution is -2.54. The van der Waals surface area contributed by atoms with Crippen LogP contribution in [0.25, 0.3) is 0 Å². The van der Waals surface area contributed by atoms with E-state index in [2.05, 4.69) is 53.3 Å². The van der Waals surface area contributed by atoms with Crippen LogP contribution in [0.1, 0.15) is 92.4 Å². The summed E-state index contributed by atoms with van der Waals surface area (Å²) in [6, 6.07) is 0. The smallest absolute Gasteiger partial charge is 0.264 e. The Balaban J connectivity index is 1.47. The fraction of sp³-hybridized carbons (Fsp3) is 0.857. The van der Waals surface area contributed by atoms with Gasteiger partial charge in [-0.1, -0.05) is 52.0 Å². The highest BCUT2D eigenvalue weighted by Gasteiger charge is 2.60. The third-order valence-electron chi connectivity index (χ3n) is 11.1. The van der Waals surface area contributed by atoms with Gasteiger partial charge in [-0.3, -0.25) is 4.55 Å². The molecule has 33 heavy (non-hydrogen) atoms. The molecule has 4 aliphatic rings. The molecule has 1 N–H and O–H groups in total. The van der Waals surface area contributed by atoms with Crippen molar-refractivity contribution in [2.75, 3.05) is 0 Å². The van der Waals surface area contributed by atoms with Gasteiger partial charge in [0.25, 0.3) is 0 Å². The minimum atomic E-state index is -4.36. The first-order valence-electron chi connectivity index (χ1n) is 13.3. The topological polar surface area (TPSA) is 63.6 Å². The fourth-order valence-corrected chi connectivity index (χ4v) is 9.54. The Labute approximate surface area is 202 Å². The summed E-state index contributed by atoms with van der Waals surface area (Å²) in [5.74, 6) is 4.70. The Morgan fingerprint density at radius 1 is 1.00 bits per heavy atom. The molecule has 4 saturated carbocycles. The van der Waals surface area contributed by atoms with Crippen LogP contribution in [0.2, 0.25) is 0 Å². The molecule has 10 atom stereocenters. The van der Waals surface area contributed by atoms with Crippen LogP contribution in [0, 0.1) is 52.3 Å². The number of hydrogen-bond acceptors (Lipinski definition) is 3. The van der Waals surface area contributed by atoms with E-state index in [-0.39, 0.29) is 11.5 Å². The van der Waals surface area contributed by atoms with E-state index in [9.17, 15) is 8.42 Å². The first-order valence-corrected chi connectivity index (χ1v) is 14.7. The summed E-state index contributed by atoms with van der Waals surface area (Å²) in [6.45, 7) is 16.0. The SMILES string of the molecule is C=C(C)C(C)C=CC(C)C1CCC2C3CCC4CC(OS(=O)(=O)O)CCC4(C)C3CCC12C. The molecular formula is C28H46O4S. The molecule has 10 unspecified atom stereocenters. The van der Waals surface area contributed by atoms with Crippen LogP contribution in [0.5, 0.6) is 0 Å². The van der Waals surface area contributed by atoms with Gasteiger partial charge in [-0.2, -0.15) is 8.42 Å². The molecule has 5 heteroatoms. The van der Waals surface area contributed by atoms with Crippen LogP contribution in [0.15, 0.2) is 24.3 Å². The monoisotopic (exact) mass is 478 g/mol. The van der Waals surface area contributed by atoms with Crippen LogP contribution in [-0.2, 0) is 14.6 Å². The normalized spacial score (nSPS) is 45.2. The van der Waals surface area contributed by atoms with E-state index in [4.69, 9.17) is 8.74 Å². The van der Waals surface area contributed by atoms with Crippen LogP contribution < -0.4 is 0 Å². The molecule has 0 aromatic heterocycles. The fourth-order valence-electron chi connectivity index (χ4n) is 9.02. The summed E-state index contributed by atoms with van der Waals surface area (Å²) in [5, 5.41) is 0. The molecule has 0 saturated heterocycles. The van der Waals surface area contributed by atoms with Gasteiger partial charge in [-0.05, 0) is 117 Å². The Kier molecular flexibility index (Phi) is 7.01. The molecule has 0 heterocycles. The van der Waals surface area contributed by atoms with Gasteiger partial charge < -0.3 is 0 Å². The molecule has 4 rings (SSSR count). The number of allylic oxidation sites excluding steroid dienone is 3. The minimum Gasteiger partial charge on any atom is -0.264 e. The second-order valence-electron chi connectivity index (χ2n) is 12.7. The lowest BCUT2D eigenvalue weighted by atomic mass is 9.44. The van der Waals surface area contributed by atoms with Crippen molar-refractivity contribution < 1.29 is 17.2 Å². The highest BCUT2D eigenvalue weighted by Crippen LogP contribution is 2.68. The maximum Gasteiger partial charge on any atom is 0.397 e. The van der Waals surface area contributed by atoms with Gasteiger partial charge in [0.1, 0.15) is 0 Å². The van der Waals surface area contributed by atoms with Crippen LogP contribution in [0.3, 0.4) is 0 Å². The number of hydrogen-bond donors (Lipinski definition) is 1. The molecule has 0 radical (unpaired) electrons. The summed E-state index contributed by atoms with van der Waals surface area (Å²) in [4.78, 5) is 0. The second-order valence-corrected chi connectivity index (χ2v) is 13.7. The second kappa shape index (κ2) is 9.09. The zero-order valence-corrected chi connectivity index (χ0v) is 22.2. The first kappa shape index (κ1) is 25.4. The molecule has 188 valence electrons. The van der Waals surface area contributed by atoms with Gasteiger partial charge in [-0.15, -0.1) is 0 Å². The zero-order valence-electron chi connectivity index (χ0n) is 21.4. The quantitative estimate of drug-likeness (QED) is 0.323. The van der Waals surface area contributed by atoms with Crippen LogP contribution in [-0.4, -0.2) is 19.1 Å². The maximum absolute atomic E-state index is 11.3. The van der Waals surface area contributed by atoms with E-state index in [1.807, 2.05) is 0 Å². The molecule has 0 aromatic rings. The highest BCUT2D eigenvalue weighted by molar-refractivity contribution is 7.80. The Morgan fingerprint density at radius 2 is 1.67 bits per heavy atom. The summed E-state index contributed by atoms with van der Waals surface area (Å²) in [6.07, 6.45) is 14.8. The lowest BCUT2D eigenvalue weighted by molar-refractivity contribution is -0.125. The van der Waals surface area contributed by atoms with E-state index in [1.54, 1.807) is 0 Å². The molecule has 0 bridgehead atoms. The molecule has 0 amide bonds. The van der Waals surface area contributed by atoms with Crippen molar-refractivity contribution in [2.24, 2.45) is 52.3 Å². The molecule has 0 aliphatic heterocycles. The van der Waals surface area contributed by atoms with Crippen LogP contribution >= 0.6 is 0 Å². The summed E-state index contributed by atoms with van der Waals surface area (Å²) >= 11 is 0. The third-order valence-corrected chi connectivity index (χ3v) is 11.6. The summed E-state index contributed by atoms with van der Waals surface area (Å²) in [7, 11) is -4.36. The van der Waals surface area contributed by atoms with E-state index in [1.165, 1.54) is 44.1 Å². The predicted octanol–water partition coefficient (Wildman–Crippen LogP) is 7.24. The van der Waals surface area contributed by atoms with Gasteiger partial charge in [0.2, 0.25) is 0 Å². The molecular weight excluding hydrogens is 432 g/mol. The summed E-state index contributed by atoms with van der Waals surface area (Å²) in [5.41, 5.74) is 1.95. The zero-order chi connectivity index (χ0) is 24.2. The largest absolute Gasteiger partial charge is 0.397 e. The van der Waals surface area contributed by atoms with E-state index >= 15 is 0 Å². The lowest BCUT2D eigenvalue weighted by Gasteiger charge is -2.61. The average molecular weight is 479 g/mol. The van der Waals surface area contributed by atoms with Crippen molar-refractivity contribution in [1.29, 1.82) is 0 Å². The van der Waals surface area contributed by atoms with Crippen molar-refractivity contribution in [3.05, 3.63) is 24.3 Å². The Bertz CT molecular complexity index is 878. The molecule has 4 nitrogen and oxygen atoms in total. The standard InChI is InChI=1S/C28H46O4S/c1-18(2)19(3)7-8-20(4)24-11-12-25-23-10-9-21-17-22(32-33(29,30)31)13-15-27(21,5)26(23)14-16-28(24,25)6/h7-8,19-26H,1,9-17H2,2-6H3,(H,29,30,31). The van der Waals surface area contributed by atoms with Crippen molar-refractivity contribution in [3.63, 3.8) is 0 Å². The van der Waals surface area contributed by atoms with Crippen molar-refractivity contribution in [2.45, 2.75) is 98.5 Å². The first-order chi connectivity index (χ1) is 15.3. The Morgan fingerprint density at radius 3 is 2.33 bits per heavy atom. The van der Waals surface area contributed by atoms with Crippen LogP contribution in [0.4, 0.5) is 0 Å². The Hall–Kier alpha value is -0.650. The maximum atomic E-state index is 11.3. The van der Waals surface area contributed by atoms with Crippen molar-refractivity contribution in [3.8, 4) is 0 Å². The predicted molar refractivity (Wildman–Crippen MR) is 134 cm³/mol. The minimum absolute atomic E-state index is 0.282. The van der Waals surface area contributed by atoms with Gasteiger partial charge in [0.15, 0.2) is 0 Å². The molecule has 0 aromatic carbocycles. The molecule has 4 fully saturated rings. The van der Waals surface area contributed by atoms with Gasteiger partial charge in [-0.25, -0.2) is 4.18 Å².